The van der Waals surface area contributed by atoms with Crippen LogP contribution in [0.4, 0.5) is 0 Å². The minimum atomic E-state index is 1.14. The number of unbranched alkanes of at least 4 members (excludes halogenated alkanes) is 6. The molecule has 0 nitrogen and oxygen atoms in total. The molecule has 0 saturated heterocycles. The molecule has 4 saturated carbocycles. The van der Waals surface area contributed by atoms with Crippen molar-refractivity contribution in [2.45, 2.75) is 77.6 Å². The van der Waals surface area contributed by atoms with Crippen LogP contribution in [0.5, 0.6) is 0 Å². The van der Waals surface area contributed by atoms with Gasteiger partial charge in [-0.1, -0.05) is 57.1 Å². The predicted octanol–water partition coefficient (Wildman–Crippen LogP) is 5.98. The average Bonchev–Trinajstić information content (AvgIpc) is 2.75. The summed E-state index contributed by atoms with van der Waals surface area (Å²) in [7, 11) is 0. The third-order valence-corrected chi connectivity index (χ3v) is 7.20. The normalized spacial score (nSPS) is 43.5. The molecule has 20 heavy (non-hydrogen) atoms. The molecule has 5 rings (SSSR count). The van der Waals surface area contributed by atoms with Crippen molar-refractivity contribution in [2.24, 2.45) is 35.5 Å². The summed E-state index contributed by atoms with van der Waals surface area (Å²) in [5.74, 6) is 7.08. The molecule has 0 aliphatic heterocycles. The first kappa shape index (κ1) is 13.4. The van der Waals surface area contributed by atoms with E-state index in [1.54, 1.807) is 6.42 Å². The van der Waals surface area contributed by atoms with Gasteiger partial charge in [0.25, 0.3) is 0 Å². The topological polar surface area (TPSA) is 0 Å². The molecule has 6 atom stereocenters. The second-order valence-electron chi connectivity index (χ2n) is 8.22. The molecule has 6 bridgehead atoms. The molecule has 0 amide bonds. The number of hydrogen-bond acceptors (Lipinski definition) is 0. The molecule has 0 heterocycles. The van der Waals surface area contributed by atoms with Gasteiger partial charge in [0.15, 0.2) is 0 Å². The lowest BCUT2D eigenvalue weighted by Crippen LogP contribution is -2.09. The van der Waals surface area contributed by atoms with Gasteiger partial charge in [0.05, 0.1) is 0 Å². The summed E-state index contributed by atoms with van der Waals surface area (Å²) in [5.41, 5.74) is 1.86. The first-order chi connectivity index (χ1) is 9.90. The molecule has 0 N–H and O–H groups in total. The molecule has 4 unspecified atom stereocenters. The predicted molar refractivity (Wildman–Crippen MR) is 85.5 cm³/mol. The number of allylic oxidation sites excluding steroid dienone is 2. The molecule has 0 aromatic rings. The monoisotopic (exact) mass is 272 g/mol. The van der Waals surface area contributed by atoms with Crippen LogP contribution in [-0.2, 0) is 0 Å². The molecule has 0 aromatic carbocycles. The molecule has 4 fully saturated rings. The first-order valence-corrected chi connectivity index (χ1v) is 9.58. The summed E-state index contributed by atoms with van der Waals surface area (Å²) in [4.78, 5) is 0. The highest BCUT2D eigenvalue weighted by atomic mass is 14.8. The Morgan fingerprint density at radius 1 is 0.850 bits per heavy atom. The van der Waals surface area contributed by atoms with Crippen molar-refractivity contribution < 1.29 is 0 Å². The second-order valence-corrected chi connectivity index (χ2v) is 8.22. The third kappa shape index (κ3) is 2.18. The van der Waals surface area contributed by atoms with Crippen LogP contribution in [-0.4, -0.2) is 0 Å². The Hall–Kier alpha value is -0.260. The molecular formula is C20H32. The molecule has 5 aliphatic rings. The van der Waals surface area contributed by atoms with E-state index in [0.717, 1.165) is 17.8 Å². The van der Waals surface area contributed by atoms with Crippen molar-refractivity contribution in [1.29, 1.82) is 0 Å². The lowest BCUT2D eigenvalue weighted by Gasteiger charge is -2.17. The average molecular weight is 272 g/mol. The van der Waals surface area contributed by atoms with Crippen LogP contribution < -0.4 is 0 Å². The Kier molecular flexibility index (Phi) is 3.69. The van der Waals surface area contributed by atoms with Crippen LogP contribution >= 0.6 is 0 Å². The largest absolute Gasteiger partial charge is 0.0850 e. The summed E-state index contributed by atoms with van der Waals surface area (Å²) < 4.78 is 0. The maximum Gasteiger partial charge on any atom is -0.0286 e. The van der Waals surface area contributed by atoms with E-state index in [-0.39, 0.29) is 0 Å². The van der Waals surface area contributed by atoms with Gasteiger partial charge in [0.2, 0.25) is 0 Å². The smallest absolute Gasteiger partial charge is 0.0286 e. The highest BCUT2D eigenvalue weighted by Gasteiger charge is 2.72. The Bertz CT molecular complexity index is 379. The van der Waals surface area contributed by atoms with E-state index in [2.05, 4.69) is 13.0 Å². The molecule has 0 radical (unpaired) electrons. The fraction of sp³-hybridized carbons (Fsp3) is 0.900. The van der Waals surface area contributed by atoms with Crippen molar-refractivity contribution in [2.75, 3.05) is 0 Å². The quantitative estimate of drug-likeness (QED) is 0.377. The van der Waals surface area contributed by atoms with E-state index < -0.39 is 0 Å². The van der Waals surface area contributed by atoms with Crippen molar-refractivity contribution in [3.8, 4) is 0 Å². The lowest BCUT2D eigenvalue weighted by molar-refractivity contribution is 0.344. The summed E-state index contributed by atoms with van der Waals surface area (Å²) in [6.07, 6.45) is 18.9. The van der Waals surface area contributed by atoms with Crippen molar-refractivity contribution >= 4 is 0 Å². The van der Waals surface area contributed by atoms with Gasteiger partial charge in [-0.15, -0.1) is 0 Å². The highest BCUT2D eigenvalue weighted by molar-refractivity contribution is 5.25. The SMILES string of the molecule is CCCCCCCCCC1=CCC2C3C4C(C1)[C@H]2C[C@@H]34. The van der Waals surface area contributed by atoms with Gasteiger partial charge in [0, 0.05) is 0 Å². The van der Waals surface area contributed by atoms with Gasteiger partial charge in [-0.2, -0.15) is 0 Å². The first-order valence-electron chi connectivity index (χ1n) is 9.58. The molecule has 0 heteroatoms. The number of hydrogen-bond donors (Lipinski definition) is 0. The zero-order valence-corrected chi connectivity index (χ0v) is 13.3. The molecule has 0 spiro atoms. The van der Waals surface area contributed by atoms with Gasteiger partial charge >= 0.3 is 0 Å². The fourth-order valence-electron chi connectivity index (χ4n) is 6.32. The maximum atomic E-state index is 2.69. The van der Waals surface area contributed by atoms with Gasteiger partial charge in [-0.3, -0.25) is 0 Å². The van der Waals surface area contributed by atoms with Gasteiger partial charge in [0.1, 0.15) is 0 Å². The van der Waals surface area contributed by atoms with Crippen LogP contribution in [0, 0.1) is 35.5 Å². The van der Waals surface area contributed by atoms with Crippen LogP contribution in [0.3, 0.4) is 0 Å². The summed E-state index contributed by atoms with van der Waals surface area (Å²) in [6.45, 7) is 2.31. The van der Waals surface area contributed by atoms with E-state index in [0.29, 0.717) is 0 Å². The van der Waals surface area contributed by atoms with Gasteiger partial charge in [-0.05, 0) is 67.6 Å². The zero-order chi connectivity index (χ0) is 13.5. The Balaban J connectivity index is 1.18. The Morgan fingerprint density at radius 3 is 2.40 bits per heavy atom. The summed E-state index contributed by atoms with van der Waals surface area (Å²) in [5, 5.41) is 0. The van der Waals surface area contributed by atoms with Crippen molar-refractivity contribution in [3.05, 3.63) is 11.6 Å². The number of rotatable bonds is 8. The Labute approximate surface area is 125 Å². The summed E-state index contributed by atoms with van der Waals surface area (Å²) >= 11 is 0. The van der Waals surface area contributed by atoms with Crippen LogP contribution in [0.1, 0.15) is 77.6 Å². The van der Waals surface area contributed by atoms with Crippen LogP contribution in [0.25, 0.3) is 0 Å². The van der Waals surface area contributed by atoms with Crippen molar-refractivity contribution in [3.63, 3.8) is 0 Å². The highest BCUT2D eigenvalue weighted by Crippen LogP contribution is 2.78. The van der Waals surface area contributed by atoms with E-state index >= 15 is 0 Å². The molecule has 112 valence electrons. The lowest BCUT2D eigenvalue weighted by atomic mass is 9.88. The third-order valence-electron chi connectivity index (χ3n) is 7.20. The van der Waals surface area contributed by atoms with E-state index in [9.17, 15) is 0 Å². The standard InChI is InChI=1S/C20H32/c1-2-3-4-5-6-7-8-9-14-10-11-15-16-13-18-19(15)20(18)17(16)12-14/h10,15-20H,2-9,11-13H2,1H3/t15?,16-,17?,18-,19?,20?/m0/s1. The second kappa shape index (κ2) is 5.50. The van der Waals surface area contributed by atoms with Gasteiger partial charge in [-0.25, -0.2) is 0 Å². The fourth-order valence-corrected chi connectivity index (χ4v) is 6.32. The van der Waals surface area contributed by atoms with Gasteiger partial charge < -0.3 is 0 Å². The summed E-state index contributed by atoms with van der Waals surface area (Å²) in [6, 6.07) is 0. The maximum absolute atomic E-state index is 2.69. The molecule has 5 aliphatic carbocycles. The van der Waals surface area contributed by atoms with E-state index in [1.165, 1.54) is 82.0 Å². The zero-order valence-electron chi connectivity index (χ0n) is 13.3. The minimum absolute atomic E-state index is 1.14. The Morgan fingerprint density at radius 2 is 1.60 bits per heavy atom. The molecule has 0 aromatic heterocycles. The minimum Gasteiger partial charge on any atom is -0.0850 e. The van der Waals surface area contributed by atoms with Crippen LogP contribution in [0.15, 0.2) is 11.6 Å². The van der Waals surface area contributed by atoms with Crippen LogP contribution in [0.2, 0.25) is 0 Å². The van der Waals surface area contributed by atoms with E-state index in [4.69, 9.17) is 0 Å². The molecular weight excluding hydrogens is 240 g/mol. The van der Waals surface area contributed by atoms with Crippen molar-refractivity contribution in [1.82, 2.24) is 0 Å². The van der Waals surface area contributed by atoms with E-state index in [1.807, 2.05) is 5.57 Å².